The fourth-order valence-electron chi connectivity index (χ4n) is 3.00. The van der Waals surface area contributed by atoms with Crippen LogP contribution in [0.3, 0.4) is 0 Å². The van der Waals surface area contributed by atoms with E-state index < -0.39 is 0 Å². The number of hydrogen-bond acceptors (Lipinski definition) is 4. The molecule has 0 saturated heterocycles. The maximum Gasteiger partial charge on any atom is 0.228 e. The maximum absolute atomic E-state index is 12.5. The summed E-state index contributed by atoms with van der Waals surface area (Å²) in [6, 6.07) is 21.4. The molecule has 0 saturated carbocycles. The summed E-state index contributed by atoms with van der Waals surface area (Å²) in [5, 5.41) is 2.92. The molecule has 144 valence electrons. The van der Waals surface area contributed by atoms with E-state index in [1.54, 1.807) is 33.5 Å². The fraction of sp³-hybridized carbons (Fsp3) is 0.174. The Hall–Kier alpha value is -3.47. The van der Waals surface area contributed by atoms with E-state index in [9.17, 15) is 4.79 Å². The number of anilines is 1. The molecule has 0 unspecified atom stereocenters. The van der Waals surface area contributed by atoms with Gasteiger partial charge in [0.05, 0.1) is 27.8 Å². The van der Waals surface area contributed by atoms with Crippen molar-refractivity contribution in [2.75, 3.05) is 26.6 Å². The molecule has 0 bridgehead atoms. The number of rotatable bonds is 7. The van der Waals surface area contributed by atoms with Gasteiger partial charge in [0, 0.05) is 5.69 Å². The molecule has 0 atom stereocenters. The fourth-order valence-corrected chi connectivity index (χ4v) is 3.00. The van der Waals surface area contributed by atoms with Crippen molar-refractivity contribution in [2.45, 2.75) is 6.42 Å². The Morgan fingerprint density at radius 1 is 0.786 bits per heavy atom. The zero-order valence-corrected chi connectivity index (χ0v) is 16.2. The lowest BCUT2D eigenvalue weighted by atomic mass is 10.1. The SMILES string of the molecule is COc1cc(CC(=O)Nc2ccc(-c3ccccc3)cc2)cc(OC)c1OC. The van der Waals surface area contributed by atoms with Gasteiger partial charge in [-0.1, -0.05) is 42.5 Å². The van der Waals surface area contributed by atoms with Crippen LogP contribution in [0, 0.1) is 0 Å². The highest BCUT2D eigenvalue weighted by molar-refractivity contribution is 5.92. The zero-order valence-electron chi connectivity index (χ0n) is 16.2. The number of benzene rings is 3. The molecule has 3 rings (SSSR count). The summed E-state index contributed by atoms with van der Waals surface area (Å²) in [5.41, 5.74) is 3.76. The predicted octanol–water partition coefficient (Wildman–Crippen LogP) is 4.56. The summed E-state index contributed by atoms with van der Waals surface area (Å²) in [6.07, 6.45) is 0.192. The first-order valence-electron chi connectivity index (χ1n) is 8.89. The first-order valence-corrected chi connectivity index (χ1v) is 8.89. The summed E-state index contributed by atoms with van der Waals surface area (Å²) >= 11 is 0. The monoisotopic (exact) mass is 377 g/mol. The Bertz CT molecular complexity index is 912. The molecule has 28 heavy (non-hydrogen) atoms. The Morgan fingerprint density at radius 2 is 1.36 bits per heavy atom. The smallest absolute Gasteiger partial charge is 0.228 e. The van der Waals surface area contributed by atoms with Gasteiger partial charge in [-0.3, -0.25) is 4.79 Å². The number of ether oxygens (including phenoxy) is 3. The Morgan fingerprint density at radius 3 is 1.89 bits per heavy atom. The molecule has 0 aromatic heterocycles. The predicted molar refractivity (Wildman–Crippen MR) is 110 cm³/mol. The van der Waals surface area contributed by atoms with E-state index in [2.05, 4.69) is 17.4 Å². The van der Waals surface area contributed by atoms with E-state index in [1.165, 1.54) is 0 Å². The number of hydrogen-bond donors (Lipinski definition) is 1. The molecule has 0 heterocycles. The molecule has 3 aromatic carbocycles. The van der Waals surface area contributed by atoms with Crippen molar-refractivity contribution in [3.63, 3.8) is 0 Å². The van der Waals surface area contributed by atoms with Crippen LogP contribution in [0.25, 0.3) is 11.1 Å². The van der Waals surface area contributed by atoms with Gasteiger partial charge in [0.1, 0.15) is 0 Å². The second kappa shape index (κ2) is 8.95. The molecule has 0 aliphatic carbocycles. The summed E-state index contributed by atoms with van der Waals surface area (Å²) in [7, 11) is 4.65. The maximum atomic E-state index is 12.5. The van der Waals surface area contributed by atoms with E-state index in [0.717, 1.165) is 22.4 Å². The van der Waals surface area contributed by atoms with Gasteiger partial charge in [-0.05, 0) is 41.0 Å². The zero-order chi connectivity index (χ0) is 19.9. The van der Waals surface area contributed by atoms with Crippen LogP contribution in [0.1, 0.15) is 5.56 Å². The van der Waals surface area contributed by atoms with Crippen molar-refractivity contribution in [1.29, 1.82) is 0 Å². The van der Waals surface area contributed by atoms with Crippen LogP contribution >= 0.6 is 0 Å². The largest absolute Gasteiger partial charge is 0.493 e. The summed E-state index contributed by atoms with van der Waals surface area (Å²) < 4.78 is 16.0. The average molecular weight is 377 g/mol. The van der Waals surface area contributed by atoms with Gasteiger partial charge in [0.2, 0.25) is 11.7 Å². The summed E-state index contributed by atoms with van der Waals surface area (Å²) in [6.45, 7) is 0. The first kappa shape index (κ1) is 19.3. The van der Waals surface area contributed by atoms with Crippen LogP contribution in [0.5, 0.6) is 17.2 Å². The van der Waals surface area contributed by atoms with Crippen molar-refractivity contribution in [1.82, 2.24) is 0 Å². The van der Waals surface area contributed by atoms with Crippen LogP contribution in [0.2, 0.25) is 0 Å². The van der Waals surface area contributed by atoms with Crippen molar-refractivity contribution in [2.24, 2.45) is 0 Å². The summed E-state index contributed by atoms with van der Waals surface area (Å²) in [4.78, 5) is 12.5. The van der Waals surface area contributed by atoms with Crippen LogP contribution < -0.4 is 19.5 Å². The van der Waals surface area contributed by atoms with E-state index in [-0.39, 0.29) is 12.3 Å². The second-order valence-electron chi connectivity index (χ2n) is 6.20. The van der Waals surface area contributed by atoms with Crippen LogP contribution in [0.4, 0.5) is 5.69 Å². The highest BCUT2D eigenvalue weighted by atomic mass is 16.5. The summed E-state index contributed by atoms with van der Waals surface area (Å²) in [5.74, 6) is 1.43. The van der Waals surface area contributed by atoms with Crippen molar-refractivity contribution < 1.29 is 19.0 Å². The van der Waals surface area contributed by atoms with Crippen molar-refractivity contribution in [3.8, 4) is 28.4 Å². The molecule has 0 spiro atoms. The van der Waals surface area contributed by atoms with Gasteiger partial charge in [0.25, 0.3) is 0 Å². The molecule has 0 fully saturated rings. The number of nitrogens with one attached hydrogen (secondary N) is 1. The van der Waals surface area contributed by atoms with Gasteiger partial charge < -0.3 is 19.5 Å². The van der Waals surface area contributed by atoms with Crippen LogP contribution in [-0.4, -0.2) is 27.2 Å². The average Bonchev–Trinajstić information content (AvgIpc) is 2.74. The lowest BCUT2D eigenvalue weighted by molar-refractivity contribution is -0.115. The van der Waals surface area contributed by atoms with E-state index in [0.29, 0.717) is 17.2 Å². The lowest BCUT2D eigenvalue weighted by Gasteiger charge is -2.14. The molecular formula is C23H23NO4. The molecule has 1 N–H and O–H groups in total. The van der Waals surface area contributed by atoms with Crippen LogP contribution in [-0.2, 0) is 11.2 Å². The van der Waals surface area contributed by atoms with Gasteiger partial charge in [-0.25, -0.2) is 0 Å². The molecule has 1 amide bonds. The molecule has 3 aromatic rings. The normalized spacial score (nSPS) is 10.2. The number of carbonyl (C=O) groups excluding carboxylic acids is 1. The molecule has 0 radical (unpaired) electrons. The van der Waals surface area contributed by atoms with Gasteiger partial charge in [-0.15, -0.1) is 0 Å². The Balaban J connectivity index is 1.70. The molecule has 0 aliphatic heterocycles. The highest BCUT2D eigenvalue weighted by Gasteiger charge is 2.15. The van der Waals surface area contributed by atoms with Crippen LogP contribution in [0.15, 0.2) is 66.7 Å². The minimum Gasteiger partial charge on any atom is -0.493 e. The third kappa shape index (κ3) is 4.43. The Kier molecular flexibility index (Phi) is 6.17. The minimum absolute atomic E-state index is 0.123. The Labute approximate surface area is 164 Å². The molecule has 0 aliphatic rings. The topological polar surface area (TPSA) is 56.8 Å². The first-order chi connectivity index (χ1) is 13.6. The standard InChI is InChI=1S/C23H23NO4/c1-26-20-13-16(14-21(27-2)23(20)28-3)15-22(25)24-19-11-9-18(10-12-19)17-7-5-4-6-8-17/h4-14H,15H2,1-3H3,(H,24,25). The van der Waals surface area contributed by atoms with Gasteiger partial charge in [-0.2, -0.15) is 0 Å². The van der Waals surface area contributed by atoms with E-state index in [1.807, 2.05) is 42.5 Å². The van der Waals surface area contributed by atoms with E-state index in [4.69, 9.17) is 14.2 Å². The third-order valence-electron chi connectivity index (χ3n) is 4.36. The van der Waals surface area contributed by atoms with Crippen molar-refractivity contribution in [3.05, 3.63) is 72.3 Å². The quantitative estimate of drug-likeness (QED) is 0.656. The lowest BCUT2D eigenvalue weighted by Crippen LogP contribution is -2.14. The second-order valence-corrected chi connectivity index (χ2v) is 6.20. The molecule has 5 heteroatoms. The molecular weight excluding hydrogens is 354 g/mol. The highest BCUT2D eigenvalue weighted by Crippen LogP contribution is 2.38. The molecule has 5 nitrogen and oxygen atoms in total. The number of carbonyl (C=O) groups is 1. The number of amides is 1. The third-order valence-corrected chi connectivity index (χ3v) is 4.36. The van der Waals surface area contributed by atoms with Gasteiger partial charge in [0.15, 0.2) is 11.5 Å². The van der Waals surface area contributed by atoms with E-state index >= 15 is 0 Å². The van der Waals surface area contributed by atoms with Crippen molar-refractivity contribution >= 4 is 11.6 Å². The van der Waals surface area contributed by atoms with Gasteiger partial charge >= 0.3 is 0 Å². The number of methoxy groups -OCH3 is 3. The minimum atomic E-state index is -0.123.